The van der Waals surface area contributed by atoms with E-state index in [1.54, 1.807) is 20.9 Å². The first-order valence-electron chi connectivity index (χ1n) is 9.10. The van der Waals surface area contributed by atoms with Crippen LogP contribution in [0.2, 0.25) is 0 Å². The van der Waals surface area contributed by atoms with Crippen molar-refractivity contribution in [1.82, 2.24) is 19.9 Å². The first-order chi connectivity index (χ1) is 13.5. The SMILES string of the molecule is CC(C)OC(=O)C1=CN(C(=O)c2ccc(F)c(F)c2)CC(C)(C)c2nnn(C)c21. The van der Waals surface area contributed by atoms with Gasteiger partial charge in [-0.25, -0.2) is 18.3 Å². The van der Waals surface area contributed by atoms with Crippen molar-refractivity contribution >= 4 is 17.4 Å². The molecule has 0 saturated carbocycles. The fraction of sp³-hybridized carbons (Fsp3) is 0.400. The maximum atomic E-state index is 13.6. The summed E-state index contributed by atoms with van der Waals surface area (Å²) >= 11 is 0. The van der Waals surface area contributed by atoms with E-state index in [-0.39, 0.29) is 23.8 Å². The lowest BCUT2D eigenvalue weighted by Crippen LogP contribution is -2.37. The number of carbonyl (C=O) groups excluding carboxylic acids is 2. The van der Waals surface area contributed by atoms with Gasteiger partial charge in [0.2, 0.25) is 0 Å². The second-order valence-corrected chi connectivity index (χ2v) is 7.85. The van der Waals surface area contributed by atoms with Crippen LogP contribution in [0.25, 0.3) is 5.57 Å². The van der Waals surface area contributed by atoms with Gasteiger partial charge in [0.15, 0.2) is 11.6 Å². The minimum atomic E-state index is -1.12. The number of nitrogens with zero attached hydrogens (tertiary/aromatic N) is 4. The highest BCUT2D eigenvalue weighted by atomic mass is 19.2. The minimum absolute atomic E-state index is 0.0374. The Balaban J connectivity index is 2.12. The molecule has 7 nitrogen and oxygen atoms in total. The Bertz CT molecular complexity index is 1010. The number of aryl methyl sites for hydroxylation is 1. The lowest BCUT2D eigenvalue weighted by Gasteiger charge is -2.27. The number of ether oxygens (including phenoxy) is 1. The van der Waals surface area contributed by atoms with Gasteiger partial charge in [0, 0.05) is 30.8 Å². The van der Waals surface area contributed by atoms with Crippen LogP contribution in [0.5, 0.6) is 0 Å². The van der Waals surface area contributed by atoms with Crippen molar-refractivity contribution in [2.24, 2.45) is 7.05 Å². The summed E-state index contributed by atoms with van der Waals surface area (Å²) < 4.78 is 33.7. The monoisotopic (exact) mass is 404 g/mol. The van der Waals surface area contributed by atoms with Crippen LogP contribution in [0.1, 0.15) is 49.4 Å². The number of halogens is 2. The van der Waals surface area contributed by atoms with Gasteiger partial charge < -0.3 is 9.64 Å². The molecule has 0 aliphatic carbocycles. The molecular formula is C20H22F2N4O3. The van der Waals surface area contributed by atoms with Crippen molar-refractivity contribution in [2.75, 3.05) is 6.54 Å². The fourth-order valence-corrected chi connectivity index (χ4v) is 3.23. The number of esters is 1. The van der Waals surface area contributed by atoms with Gasteiger partial charge in [0.05, 0.1) is 11.8 Å². The number of rotatable bonds is 3. The van der Waals surface area contributed by atoms with Crippen LogP contribution in [0.4, 0.5) is 8.78 Å². The van der Waals surface area contributed by atoms with Crippen molar-refractivity contribution in [3.63, 3.8) is 0 Å². The zero-order chi connectivity index (χ0) is 21.5. The van der Waals surface area contributed by atoms with Gasteiger partial charge in [-0.2, -0.15) is 0 Å². The van der Waals surface area contributed by atoms with Crippen molar-refractivity contribution in [2.45, 2.75) is 39.2 Å². The van der Waals surface area contributed by atoms with Crippen LogP contribution in [0.3, 0.4) is 0 Å². The van der Waals surface area contributed by atoms with Crippen LogP contribution >= 0.6 is 0 Å². The molecule has 1 aromatic heterocycles. The number of hydrogen-bond donors (Lipinski definition) is 0. The number of fused-ring (bicyclic) bond motifs is 1. The van der Waals surface area contributed by atoms with E-state index in [1.807, 2.05) is 13.8 Å². The number of benzene rings is 1. The molecule has 29 heavy (non-hydrogen) atoms. The van der Waals surface area contributed by atoms with Gasteiger partial charge in [-0.1, -0.05) is 19.1 Å². The average Bonchev–Trinajstić information content (AvgIpc) is 2.96. The third-order valence-electron chi connectivity index (χ3n) is 4.56. The molecular weight excluding hydrogens is 382 g/mol. The Kier molecular flexibility index (Phi) is 5.25. The zero-order valence-electron chi connectivity index (χ0n) is 16.9. The van der Waals surface area contributed by atoms with Crippen LogP contribution in [-0.2, 0) is 22.0 Å². The van der Waals surface area contributed by atoms with E-state index < -0.39 is 28.9 Å². The molecule has 1 amide bonds. The van der Waals surface area contributed by atoms with Gasteiger partial charge in [0.1, 0.15) is 11.3 Å². The number of carbonyl (C=O) groups is 2. The number of aromatic nitrogens is 3. The van der Waals surface area contributed by atoms with Gasteiger partial charge in [-0.15, -0.1) is 5.10 Å². The maximum Gasteiger partial charge on any atom is 0.342 e. The predicted octanol–water partition coefficient (Wildman–Crippen LogP) is 2.82. The third-order valence-corrected chi connectivity index (χ3v) is 4.56. The summed E-state index contributed by atoms with van der Waals surface area (Å²) in [6.07, 6.45) is 0.991. The Hall–Kier alpha value is -3.10. The molecule has 0 atom stereocenters. The summed E-state index contributed by atoms with van der Waals surface area (Å²) in [7, 11) is 1.64. The molecule has 0 saturated heterocycles. The van der Waals surface area contributed by atoms with E-state index in [0.717, 1.165) is 12.1 Å². The molecule has 1 aliphatic rings. The zero-order valence-corrected chi connectivity index (χ0v) is 16.9. The van der Waals surface area contributed by atoms with Crippen molar-refractivity contribution in [3.8, 4) is 0 Å². The highest BCUT2D eigenvalue weighted by Gasteiger charge is 2.38. The molecule has 9 heteroatoms. The highest BCUT2D eigenvalue weighted by molar-refractivity contribution is 6.17. The molecule has 154 valence electrons. The Morgan fingerprint density at radius 2 is 1.90 bits per heavy atom. The Labute approximate surface area is 166 Å². The molecule has 2 heterocycles. The highest BCUT2D eigenvalue weighted by Crippen LogP contribution is 2.34. The summed E-state index contributed by atoms with van der Waals surface area (Å²) in [6, 6.07) is 2.93. The minimum Gasteiger partial charge on any atom is -0.459 e. The van der Waals surface area contributed by atoms with Gasteiger partial charge in [-0.05, 0) is 32.0 Å². The first-order valence-corrected chi connectivity index (χ1v) is 9.10. The van der Waals surface area contributed by atoms with E-state index in [2.05, 4.69) is 10.3 Å². The lowest BCUT2D eigenvalue weighted by atomic mass is 9.87. The molecule has 0 unspecified atom stereocenters. The van der Waals surface area contributed by atoms with E-state index in [9.17, 15) is 18.4 Å². The van der Waals surface area contributed by atoms with Crippen LogP contribution in [0, 0.1) is 11.6 Å². The van der Waals surface area contributed by atoms with Crippen LogP contribution in [0.15, 0.2) is 24.4 Å². The second-order valence-electron chi connectivity index (χ2n) is 7.85. The van der Waals surface area contributed by atoms with E-state index >= 15 is 0 Å². The summed E-state index contributed by atoms with van der Waals surface area (Å²) in [6.45, 7) is 7.29. The Morgan fingerprint density at radius 3 is 2.52 bits per heavy atom. The molecule has 0 radical (unpaired) electrons. The topological polar surface area (TPSA) is 77.3 Å². The first kappa shape index (κ1) is 20.6. The van der Waals surface area contributed by atoms with Gasteiger partial charge in [0.25, 0.3) is 5.91 Å². The lowest BCUT2D eigenvalue weighted by molar-refractivity contribution is -0.140. The Morgan fingerprint density at radius 1 is 1.21 bits per heavy atom. The molecule has 0 spiro atoms. The van der Waals surface area contributed by atoms with Gasteiger partial charge >= 0.3 is 5.97 Å². The quantitative estimate of drug-likeness (QED) is 0.736. The fourth-order valence-electron chi connectivity index (χ4n) is 3.23. The molecule has 0 N–H and O–H groups in total. The smallest absolute Gasteiger partial charge is 0.342 e. The van der Waals surface area contributed by atoms with E-state index in [1.165, 1.54) is 21.8 Å². The molecule has 1 aromatic carbocycles. The summed E-state index contributed by atoms with van der Waals surface area (Å²) in [5, 5.41) is 8.21. The summed E-state index contributed by atoms with van der Waals surface area (Å²) in [5.74, 6) is -3.38. The van der Waals surface area contributed by atoms with Crippen LogP contribution in [-0.4, -0.2) is 44.4 Å². The van der Waals surface area contributed by atoms with Crippen molar-refractivity contribution in [3.05, 3.63) is 53.0 Å². The van der Waals surface area contributed by atoms with Crippen molar-refractivity contribution < 1.29 is 23.1 Å². The van der Waals surface area contributed by atoms with Gasteiger partial charge in [-0.3, -0.25) is 4.79 Å². The van der Waals surface area contributed by atoms with E-state index in [0.29, 0.717) is 11.4 Å². The van der Waals surface area contributed by atoms with E-state index in [4.69, 9.17) is 4.74 Å². The van der Waals surface area contributed by atoms with Crippen LogP contribution < -0.4 is 0 Å². The second kappa shape index (κ2) is 7.38. The molecule has 2 aromatic rings. The molecule has 3 rings (SSSR count). The summed E-state index contributed by atoms with van der Waals surface area (Å²) in [5.41, 5.74) is 0.384. The largest absolute Gasteiger partial charge is 0.459 e. The average molecular weight is 404 g/mol. The predicted molar refractivity (Wildman–Crippen MR) is 101 cm³/mol. The maximum absolute atomic E-state index is 13.6. The molecule has 0 fully saturated rings. The standard InChI is InChI=1S/C20H22F2N4O3/c1-11(2)29-19(28)13-9-26(18(27)12-6-7-14(21)15(22)8-12)10-20(3,4)17-16(13)25(5)24-23-17/h6-9,11H,10H2,1-5H3. The molecule has 0 bridgehead atoms. The summed E-state index contributed by atoms with van der Waals surface area (Å²) in [4.78, 5) is 27.1. The molecule has 1 aliphatic heterocycles. The van der Waals surface area contributed by atoms with Crippen molar-refractivity contribution in [1.29, 1.82) is 0 Å². The normalized spacial score (nSPS) is 15.6. The number of amides is 1. The third kappa shape index (κ3) is 3.90. The number of hydrogen-bond acceptors (Lipinski definition) is 5.